The monoisotopic (exact) mass is 371 g/mol. The third-order valence-corrected chi connectivity index (χ3v) is 4.51. The van der Waals surface area contributed by atoms with Crippen molar-refractivity contribution in [2.75, 3.05) is 52.0 Å². The van der Waals surface area contributed by atoms with Gasteiger partial charge in [-0.2, -0.15) is 0 Å². The van der Waals surface area contributed by atoms with E-state index >= 15 is 0 Å². The predicted octanol–water partition coefficient (Wildman–Crippen LogP) is 1.91. The van der Waals surface area contributed by atoms with Crippen LogP contribution >= 0.6 is 0 Å². The number of amides is 1. The Bertz CT molecular complexity index is 776. The van der Waals surface area contributed by atoms with Crippen LogP contribution in [0.15, 0.2) is 36.7 Å². The molecule has 27 heavy (non-hydrogen) atoms. The van der Waals surface area contributed by atoms with E-state index in [9.17, 15) is 4.79 Å². The van der Waals surface area contributed by atoms with Crippen LogP contribution in [-0.2, 0) is 11.2 Å². The number of aromatic nitrogens is 1. The molecule has 2 aromatic rings. The van der Waals surface area contributed by atoms with Crippen LogP contribution in [0.5, 0.6) is 11.5 Å². The van der Waals surface area contributed by atoms with Crippen LogP contribution in [-0.4, -0.2) is 58.0 Å². The SMILES string of the molecule is COc1ccc(CCNC(=O)c2cncc(N3CCOCC3)c2)cc1OC. The number of ether oxygens (including phenoxy) is 3. The van der Waals surface area contributed by atoms with Crippen LogP contribution < -0.4 is 19.7 Å². The number of nitrogens with one attached hydrogen (secondary N) is 1. The number of benzene rings is 1. The van der Waals surface area contributed by atoms with Crippen molar-refractivity contribution in [1.29, 1.82) is 0 Å². The van der Waals surface area contributed by atoms with E-state index in [-0.39, 0.29) is 5.91 Å². The van der Waals surface area contributed by atoms with E-state index < -0.39 is 0 Å². The maximum absolute atomic E-state index is 12.5. The first kappa shape index (κ1) is 19.0. The largest absolute Gasteiger partial charge is 0.493 e. The topological polar surface area (TPSA) is 72.9 Å². The zero-order valence-electron chi connectivity index (χ0n) is 15.7. The van der Waals surface area contributed by atoms with E-state index in [0.717, 1.165) is 24.3 Å². The third-order valence-electron chi connectivity index (χ3n) is 4.51. The minimum Gasteiger partial charge on any atom is -0.493 e. The molecule has 1 aromatic heterocycles. The lowest BCUT2D eigenvalue weighted by molar-refractivity contribution is 0.0953. The summed E-state index contributed by atoms with van der Waals surface area (Å²) in [6.07, 6.45) is 4.07. The molecule has 0 unspecified atom stereocenters. The molecule has 1 saturated heterocycles. The Morgan fingerprint density at radius 2 is 1.93 bits per heavy atom. The van der Waals surface area contributed by atoms with Gasteiger partial charge in [0.1, 0.15) is 0 Å². The minimum absolute atomic E-state index is 0.127. The van der Waals surface area contributed by atoms with E-state index in [2.05, 4.69) is 15.2 Å². The molecule has 0 bridgehead atoms. The molecular weight excluding hydrogens is 346 g/mol. The highest BCUT2D eigenvalue weighted by Gasteiger charge is 2.14. The number of carbonyl (C=O) groups is 1. The second kappa shape index (κ2) is 9.23. The first-order valence-corrected chi connectivity index (χ1v) is 8.98. The number of nitrogens with zero attached hydrogens (tertiary/aromatic N) is 2. The number of rotatable bonds is 7. The summed E-state index contributed by atoms with van der Waals surface area (Å²) in [5, 5.41) is 2.95. The van der Waals surface area contributed by atoms with Gasteiger partial charge in [0, 0.05) is 25.8 Å². The summed E-state index contributed by atoms with van der Waals surface area (Å²) >= 11 is 0. The Morgan fingerprint density at radius 1 is 1.15 bits per heavy atom. The molecule has 1 aliphatic rings. The number of anilines is 1. The Morgan fingerprint density at radius 3 is 2.67 bits per heavy atom. The van der Waals surface area contributed by atoms with Gasteiger partial charge >= 0.3 is 0 Å². The van der Waals surface area contributed by atoms with Crippen LogP contribution in [0.25, 0.3) is 0 Å². The summed E-state index contributed by atoms with van der Waals surface area (Å²) in [4.78, 5) is 18.8. The average Bonchev–Trinajstić information content (AvgIpc) is 2.74. The van der Waals surface area contributed by atoms with Gasteiger partial charge in [-0.1, -0.05) is 6.07 Å². The molecule has 2 heterocycles. The van der Waals surface area contributed by atoms with Gasteiger partial charge in [0.2, 0.25) is 0 Å². The summed E-state index contributed by atoms with van der Waals surface area (Å²) < 4.78 is 15.9. The van der Waals surface area contributed by atoms with E-state index in [1.54, 1.807) is 26.6 Å². The van der Waals surface area contributed by atoms with E-state index in [1.165, 1.54) is 0 Å². The number of pyridine rings is 1. The van der Waals surface area contributed by atoms with Crippen LogP contribution in [0.1, 0.15) is 15.9 Å². The van der Waals surface area contributed by atoms with Gasteiger partial charge in [0.25, 0.3) is 5.91 Å². The lowest BCUT2D eigenvalue weighted by Gasteiger charge is -2.28. The maximum Gasteiger partial charge on any atom is 0.252 e. The zero-order chi connectivity index (χ0) is 19.1. The Labute approximate surface area is 159 Å². The molecule has 1 amide bonds. The van der Waals surface area contributed by atoms with Gasteiger partial charge in [-0.25, -0.2) is 0 Å². The summed E-state index contributed by atoms with van der Waals surface area (Å²) in [5.41, 5.74) is 2.57. The summed E-state index contributed by atoms with van der Waals surface area (Å²) in [6, 6.07) is 7.63. The molecule has 0 saturated carbocycles. The van der Waals surface area contributed by atoms with Gasteiger partial charge in [0.15, 0.2) is 11.5 Å². The highest BCUT2D eigenvalue weighted by Crippen LogP contribution is 2.27. The van der Waals surface area contributed by atoms with E-state index in [4.69, 9.17) is 14.2 Å². The lowest BCUT2D eigenvalue weighted by atomic mass is 10.1. The summed E-state index contributed by atoms with van der Waals surface area (Å²) in [5.74, 6) is 1.25. The molecule has 0 atom stereocenters. The molecule has 144 valence electrons. The fraction of sp³-hybridized carbons (Fsp3) is 0.400. The van der Waals surface area contributed by atoms with Gasteiger partial charge in [0.05, 0.1) is 44.9 Å². The molecular formula is C20H25N3O4. The summed E-state index contributed by atoms with van der Waals surface area (Å²) in [6.45, 7) is 3.54. The molecule has 1 aromatic carbocycles. The van der Waals surface area contributed by atoms with Crippen molar-refractivity contribution in [3.63, 3.8) is 0 Å². The molecule has 7 nitrogen and oxygen atoms in total. The zero-order valence-corrected chi connectivity index (χ0v) is 15.7. The fourth-order valence-corrected chi connectivity index (χ4v) is 3.01. The van der Waals surface area contributed by atoms with Crippen molar-refractivity contribution in [3.05, 3.63) is 47.8 Å². The number of morpholine rings is 1. The van der Waals surface area contributed by atoms with Crippen molar-refractivity contribution in [1.82, 2.24) is 10.3 Å². The fourth-order valence-electron chi connectivity index (χ4n) is 3.01. The molecule has 0 radical (unpaired) electrons. The highest BCUT2D eigenvalue weighted by atomic mass is 16.5. The molecule has 7 heteroatoms. The second-order valence-corrected chi connectivity index (χ2v) is 6.23. The number of hydrogen-bond donors (Lipinski definition) is 1. The Hall–Kier alpha value is -2.80. The van der Waals surface area contributed by atoms with Crippen molar-refractivity contribution < 1.29 is 19.0 Å². The summed E-state index contributed by atoms with van der Waals surface area (Å²) in [7, 11) is 3.22. The lowest BCUT2D eigenvalue weighted by Crippen LogP contribution is -2.36. The van der Waals surface area contributed by atoms with E-state index in [0.29, 0.717) is 43.2 Å². The first-order chi connectivity index (χ1) is 13.2. The van der Waals surface area contributed by atoms with Crippen LogP contribution in [0.2, 0.25) is 0 Å². The molecule has 1 fully saturated rings. The van der Waals surface area contributed by atoms with Gasteiger partial charge in [-0.05, 0) is 30.2 Å². The maximum atomic E-state index is 12.5. The molecule has 1 N–H and O–H groups in total. The third kappa shape index (κ3) is 4.89. The van der Waals surface area contributed by atoms with Crippen LogP contribution in [0.4, 0.5) is 5.69 Å². The molecule has 3 rings (SSSR count). The van der Waals surface area contributed by atoms with Crippen molar-refractivity contribution in [2.24, 2.45) is 0 Å². The van der Waals surface area contributed by atoms with Crippen LogP contribution in [0, 0.1) is 0 Å². The van der Waals surface area contributed by atoms with Gasteiger partial charge in [-0.15, -0.1) is 0 Å². The quantitative estimate of drug-likeness (QED) is 0.802. The van der Waals surface area contributed by atoms with Crippen molar-refractivity contribution >= 4 is 11.6 Å². The smallest absolute Gasteiger partial charge is 0.252 e. The molecule has 1 aliphatic heterocycles. The van der Waals surface area contributed by atoms with Gasteiger partial charge in [-0.3, -0.25) is 9.78 Å². The molecule has 0 aliphatic carbocycles. The number of carbonyl (C=O) groups excluding carboxylic acids is 1. The number of methoxy groups -OCH3 is 2. The Kier molecular flexibility index (Phi) is 6.49. The predicted molar refractivity (Wildman–Crippen MR) is 103 cm³/mol. The van der Waals surface area contributed by atoms with Crippen LogP contribution in [0.3, 0.4) is 0 Å². The van der Waals surface area contributed by atoms with E-state index in [1.807, 2.05) is 24.3 Å². The number of hydrogen-bond acceptors (Lipinski definition) is 6. The Balaban J connectivity index is 1.56. The second-order valence-electron chi connectivity index (χ2n) is 6.23. The molecule has 0 spiro atoms. The minimum atomic E-state index is -0.127. The standard InChI is InChI=1S/C20H25N3O4/c1-25-18-4-3-15(11-19(18)26-2)5-6-22-20(24)16-12-17(14-21-13-16)23-7-9-27-10-8-23/h3-4,11-14H,5-10H2,1-2H3,(H,22,24). The average molecular weight is 371 g/mol. The highest BCUT2D eigenvalue weighted by molar-refractivity contribution is 5.94. The van der Waals surface area contributed by atoms with Crippen molar-refractivity contribution in [3.8, 4) is 11.5 Å². The van der Waals surface area contributed by atoms with Gasteiger partial charge < -0.3 is 24.4 Å². The van der Waals surface area contributed by atoms with Crippen molar-refractivity contribution in [2.45, 2.75) is 6.42 Å². The normalized spacial score (nSPS) is 13.9. The first-order valence-electron chi connectivity index (χ1n) is 8.98.